The first-order valence-corrected chi connectivity index (χ1v) is 10.0. The molecular formula is C15H25N5O2S. The van der Waals surface area contributed by atoms with Gasteiger partial charge in [0.25, 0.3) is 0 Å². The Balaban J connectivity index is 1.74. The van der Waals surface area contributed by atoms with Crippen LogP contribution in [0.3, 0.4) is 0 Å². The lowest BCUT2D eigenvalue weighted by molar-refractivity contribution is 0.308. The largest absolute Gasteiger partial charge is 0.356 e. The fraction of sp³-hybridized carbons (Fsp3) is 0.733. The van der Waals surface area contributed by atoms with Crippen molar-refractivity contribution in [1.82, 2.24) is 19.6 Å². The number of likely N-dealkylation sites (N-methyl/N-ethyl adjacent to an activating group) is 1. The van der Waals surface area contributed by atoms with Gasteiger partial charge in [0.15, 0.2) is 0 Å². The standard InChI is InChI=1S/C15H25N5O2S/c1-19-7-5-14-13(10-19)15(17-11-16-14)20-6-3-4-12(9-20)8-18-23(2,21)22/h11-12,18H,3-10H2,1-2H3/t12-/m1/s1. The van der Waals surface area contributed by atoms with E-state index >= 15 is 0 Å². The molecule has 0 saturated carbocycles. The number of piperidine rings is 1. The van der Waals surface area contributed by atoms with Crippen molar-refractivity contribution in [2.24, 2.45) is 5.92 Å². The Bertz CT molecular complexity index is 664. The highest BCUT2D eigenvalue weighted by atomic mass is 32.2. The first-order chi connectivity index (χ1) is 10.9. The van der Waals surface area contributed by atoms with E-state index in [0.717, 1.165) is 57.0 Å². The van der Waals surface area contributed by atoms with Crippen LogP contribution in [0.2, 0.25) is 0 Å². The molecule has 1 aromatic rings. The summed E-state index contributed by atoms with van der Waals surface area (Å²) < 4.78 is 25.2. The minimum Gasteiger partial charge on any atom is -0.356 e. The van der Waals surface area contributed by atoms with Gasteiger partial charge in [0.05, 0.1) is 11.9 Å². The predicted molar refractivity (Wildman–Crippen MR) is 89.9 cm³/mol. The molecule has 3 heterocycles. The van der Waals surface area contributed by atoms with Gasteiger partial charge in [-0.05, 0) is 25.8 Å². The van der Waals surface area contributed by atoms with E-state index in [2.05, 4.69) is 31.5 Å². The molecule has 0 bridgehead atoms. The summed E-state index contributed by atoms with van der Waals surface area (Å²) in [5.74, 6) is 1.36. The van der Waals surface area contributed by atoms with Crippen molar-refractivity contribution >= 4 is 15.8 Å². The second-order valence-electron chi connectivity index (χ2n) is 6.69. The Morgan fingerprint density at radius 3 is 2.96 bits per heavy atom. The Labute approximate surface area is 138 Å². The third kappa shape index (κ3) is 4.19. The molecule has 23 heavy (non-hydrogen) atoms. The van der Waals surface area contributed by atoms with Crippen molar-refractivity contribution in [1.29, 1.82) is 0 Å². The molecule has 1 atom stereocenters. The lowest BCUT2D eigenvalue weighted by atomic mass is 9.97. The van der Waals surface area contributed by atoms with Crippen LogP contribution in [0.15, 0.2) is 6.33 Å². The van der Waals surface area contributed by atoms with E-state index in [1.165, 1.54) is 11.8 Å². The lowest BCUT2D eigenvalue weighted by Crippen LogP contribution is -2.42. The summed E-state index contributed by atoms with van der Waals surface area (Å²) >= 11 is 0. The minimum absolute atomic E-state index is 0.324. The maximum Gasteiger partial charge on any atom is 0.208 e. The zero-order valence-electron chi connectivity index (χ0n) is 13.8. The quantitative estimate of drug-likeness (QED) is 0.846. The van der Waals surface area contributed by atoms with Gasteiger partial charge in [0.1, 0.15) is 12.1 Å². The molecule has 1 fully saturated rings. The number of rotatable bonds is 4. The molecule has 0 aromatic carbocycles. The van der Waals surface area contributed by atoms with Gasteiger partial charge in [0.2, 0.25) is 10.0 Å². The summed E-state index contributed by atoms with van der Waals surface area (Å²) in [4.78, 5) is 13.6. The van der Waals surface area contributed by atoms with Crippen LogP contribution in [0.5, 0.6) is 0 Å². The normalized spacial score (nSPS) is 22.9. The van der Waals surface area contributed by atoms with E-state index in [4.69, 9.17) is 0 Å². The molecule has 8 heteroatoms. The average Bonchev–Trinajstić information content (AvgIpc) is 2.52. The smallest absolute Gasteiger partial charge is 0.208 e. The van der Waals surface area contributed by atoms with Crippen LogP contribution >= 0.6 is 0 Å². The fourth-order valence-corrected chi connectivity index (χ4v) is 3.97. The number of hydrogen-bond donors (Lipinski definition) is 1. The van der Waals surface area contributed by atoms with Crippen LogP contribution in [0.25, 0.3) is 0 Å². The Kier molecular flexibility index (Phi) is 4.84. The molecule has 0 radical (unpaired) electrons. The van der Waals surface area contributed by atoms with Crippen LogP contribution < -0.4 is 9.62 Å². The van der Waals surface area contributed by atoms with Crippen molar-refractivity contribution in [2.75, 3.05) is 44.4 Å². The molecule has 1 saturated heterocycles. The first kappa shape index (κ1) is 16.6. The Hall–Kier alpha value is -1.25. The zero-order chi connectivity index (χ0) is 16.4. The highest BCUT2D eigenvalue weighted by Gasteiger charge is 2.26. The van der Waals surface area contributed by atoms with Crippen LogP contribution in [-0.2, 0) is 23.0 Å². The van der Waals surface area contributed by atoms with Crippen molar-refractivity contribution < 1.29 is 8.42 Å². The van der Waals surface area contributed by atoms with Crippen molar-refractivity contribution in [3.05, 3.63) is 17.6 Å². The van der Waals surface area contributed by atoms with Crippen LogP contribution in [0.1, 0.15) is 24.1 Å². The van der Waals surface area contributed by atoms with Crippen LogP contribution in [0, 0.1) is 5.92 Å². The van der Waals surface area contributed by atoms with Gasteiger partial charge in [0, 0.05) is 44.7 Å². The molecule has 7 nitrogen and oxygen atoms in total. The SMILES string of the molecule is CN1CCc2ncnc(N3CCC[C@H](CNS(C)(=O)=O)C3)c2C1. The van der Waals surface area contributed by atoms with E-state index in [1.54, 1.807) is 6.33 Å². The Morgan fingerprint density at radius 1 is 1.35 bits per heavy atom. The molecular weight excluding hydrogens is 314 g/mol. The second-order valence-corrected chi connectivity index (χ2v) is 8.52. The van der Waals surface area contributed by atoms with E-state index in [-0.39, 0.29) is 0 Å². The van der Waals surface area contributed by atoms with Crippen LogP contribution in [0.4, 0.5) is 5.82 Å². The fourth-order valence-electron chi connectivity index (χ4n) is 3.43. The Morgan fingerprint density at radius 2 is 2.17 bits per heavy atom. The molecule has 3 rings (SSSR count). The summed E-state index contributed by atoms with van der Waals surface area (Å²) in [5, 5.41) is 0. The van der Waals surface area contributed by atoms with E-state index in [9.17, 15) is 8.42 Å². The summed E-state index contributed by atoms with van der Waals surface area (Å²) in [6.45, 7) is 4.24. The maximum atomic E-state index is 11.3. The third-order valence-corrected chi connectivity index (χ3v) is 5.31. The highest BCUT2D eigenvalue weighted by molar-refractivity contribution is 7.88. The molecule has 128 valence electrons. The first-order valence-electron chi connectivity index (χ1n) is 8.13. The van der Waals surface area contributed by atoms with Crippen molar-refractivity contribution in [3.8, 4) is 0 Å². The van der Waals surface area contributed by atoms with Gasteiger partial charge < -0.3 is 9.80 Å². The van der Waals surface area contributed by atoms with Gasteiger partial charge in [-0.25, -0.2) is 23.1 Å². The van der Waals surface area contributed by atoms with Crippen molar-refractivity contribution in [2.45, 2.75) is 25.8 Å². The molecule has 0 spiro atoms. The number of hydrogen-bond acceptors (Lipinski definition) is 6. The van der Waals surface area contributed by atoms with Crippen LogP contribution in [-0.4, -0.2) is 62.8 Å². The predicted octanol–water partition coefficient (Wildman–Crippen LogP) is 0.230. The molecule has 1 aromatic heterocycles. The van der Waals surface area contributed by atoms with Gasteiger partial charge in [-0.15, -0.1) is 0 Å². The number of anilines is 1. The topological polar surface area (TPSA) is 78.4 Å². The molecule has 0 unspecified atom stereocenters. The number of nitrogens with one attached hydrogen (secondary N) is 1. The molecule has 1 N–H and O–H groups in total. The third-order valence-electron chi connectivity index (χ3n) is 4.62. The summed E-state index contributed by atoms with van der Waals surface area (Å²) in [5.41, 5.74) is 2.39. The van der Waals surface area contributed by atoms with E-state index in [1.807, 2.05) is 0 Å². The summed E-state index contributed by atoms with van der Waals surface area (Å²) in [7, 11) is -1.01. The monoisotopic (exact) mass is 339 g/mol. The van der Waals surface area contributed by atoms with E-state index < -0.39 is 10.0 Å². The van der Waals surface area contributed by atoms with Gasteiger partial charge >= 0.3 is 0 Å². The molecule has 0 amide bonds. The van der Waals surface area contributed by atoms with Gasteiger partial charge in [-0.2, -0.15) is 0 Å². The number of nitrogens with zero attached hydrogens (tertiary/aromatic N) is 4. The second kappa shape index (κ2) is 6.70. The van der Waals surface area contributed by atoms with Crippen molar-refractivity contribution in [3.63, 3.8) is 0 Å². The van der Waals surface area contributed by atoms with Gasteiger partial charge in [-0.3, -0.25) is 0 Å². The number of aromatic nitrogens is 2. The summed E-state index contributed by atoms with van der Waals surface area (Å²) in [6, 6.07) is 0. The van der Waals surface area contributed by atoms with Gasteiger partial charge in [-0.1, -0.05) is 0 Å². The van der Waals surface area contributed by atoms with E-state index in [0.29, 0.717) is 12.5 Å². The number of sulfonamides is 1. The highest BCUT2D eigenvalue weighted by Crippen LogP contribution is 2.28. The molecule has 2 aliphatic rings. The molecule has 2 aliphatic heterocycles. The minimum atomic E-state index is -3.13. The summed E-state index contributed by atoms with van der Waals surface area (Å²) in [6.07, 6.45) is 5.95. The molecule has 0 aliphatic carbocycles. The average molecular weight is 339 g/mol. The lowest BCUT2D eigenvalue weighted by Gasteiger charge is -2.36. The maximum absolute atomic E-state index is 11.3. The zero-order valence-corrected chi connectivity index (χ0v) is 14.6. The number of fused-ring (bicyclic) bond motifs is 1.